The Morgan fingerprint density at radius 2 is 2.33 bits per heavy atom. The van der Waals surface area contributed by atoms with Crippen molar-refractivity contribution in [1.82, 2.24) is 19.9 Å². The molecule has 7 nitrogen and oxygen atoms in total. The van der Waals surface area contributed by atoms with Crippen LogP contribution in [0, 0.1) is 9.62 Å². The minimum absolute atomic E-state index is 0.345. The van der Waals surface area contributed by atoms with Crippen LogP contribution >= 0.6 is 33.9 Å². The van der Waals surface area contributed by atoms with Crippen molar-refractivity contribution in [2.75, 3.05) is 24.5 Å². The van der Waals surface area contributed by atoms with Crippen LogP contribution in [0.2, 0.25) is 0 Å². The third-order valence-corrected chi connectivity index (χ3v) is 5.23. The van der Waals surface area contributed by atoms with Gasteiger partial charge in [0.15, 0.2) is 0 Å². The number of amides is 1. The van der Waals surface area contributed by atoms with Crippen molar-refractivity contribution in [3.63, 3.8) is 0 Å². The highest BCUT2D eigenvalue weighted by atomic mass is 127. The molecular formula is C15H22IN5O2S. The van der Waals surface area contributed by atoms with Crippen molar-refractivity contribution in [1.29, 1.82) is 0 Å². The van der Waals surface area contributed by atoms with E-state index in [1.165, 1.54) is 0 Å². The Bertz CT molecular complexity index is 692. The molecule has 1 unspecified atom stereocenters. The number of ether oxygens (including phenoxy) is 1. The predicted octanol–water partition coefficient (Wildman–Crippen LogP) is 3.14. The summed E-state index contributed by atoms with van der Waals surface area (Å²) in [4.78, 5) is 19.5. The van der Waals surface area contributed by atoms with Gasteiger partial charge in [-0.05, 0) is 62.1 Å². The van der Waals surface area contributed by atoms with E-state index in [9.17, 15) is 4.79 Å². The average molecular weight is 463 g/mol. The van der Waals surface area contributed by atoms with Crippen molar-refractivity contribution in [2.24, 2.45) is 5.92 Å². The van der Waals surface area contributed by atoms with E-state index in [-0.39, 0.29) is 6.09 Å². The van der Waals surface area contributed by atoms with Gasteiger partial charge in [0.25, 0.3) is 0 Å². The lowest BCUT2D eigenvalue weighted by molar-refractivity contribution is 0.0517. The molecular weight excluding hydrogens is 441 g/mol. The molecule has 9 heteroatoms. The van der Waals surface area contributed by atoms with Crippen molar-refractivity contribution in [2.45, 2.75) is 39.2 Å². The third kappa shape index (κ3) is 4.50. The van der Waals surface area contributed by atoms with Crippen molar-refractivity contribution >= 4 is 50.1 Å². The molecule has 1 aliphatic heterocycles. The average Bonchev–Trinajstić information content (AvgIpc) is 3.01. The van der Waals surface area contributed by atoms with Crippen LogP contribution in [-0.4, -0.2) is 45.9 Å². The second-order valence-corrected chi connectivity index (χ2v) is 9.05. The molecule has 0 bridgehead atoms. The topological polar surface area (TPSA) is 71.8 Å². The van der Waals surface area contributed by atoms with E-state index >= 15 is 0 Å². The maximum Gasteiger partial charge on any atom is 0.407 e. The van der Waals surface area contributed by atoms with Gasteiger partial charge < -0.3 is 15.0 Å². The number of hydrogen-bond donors (Lipinski definition) is 1. The zero-order chi connectivity index (χ0) is 17.3. The molecule has 1 saturated heterocycles. The fourth-order valence-corrected chi connectivity index (χ4v) is 4.31. The number of piperidine rings is 1. The minimum Gasteiger partial charge on any atom is -0.444 e. The van der Waals surface area contributed by atoms with Gasteiger partial charge in [-0.15, -0.1) is 5.10 Å². The molecule has 1 N–H and O–H groups in total. The number of alkyl carbamates (subject to hydrolysis) is 1. The molecule has 0 aliphatic carbocycles. The number of nitrogens with one attached hydrogen (secondary N) is 1. The Kier molecular flexibility index (Phi) is 5.19. The van der Waals surface area contributed by atoms with Crippen LogP contribution in [-0.2, 0) is 4.74 Å². The smallest absolute Gasteiger partial charge is 0.407 e. The quantitative estimate of drug-likeness (QED) is 0.709. The first kappa shape index (κ1) is 17.7. The SMILES string of the molecule is CC(C)(C)OC(=O)NCC1CCCN(c2nn3cc(I)nc3s2)C1. The highest BCUT2D eigenvalue weighted by Crippen LogP contribution is 2.27. The lowest BCUT2D eigenvalue weighted by Gasteiger charge is -2.32. The van der Waals surface area contributed by atoms with Gasteiger partial charge in [0.05, 0.1) is 6.20 Å². The summed E-state index contributed by atoms with van der Waals surface area (Å²) in [7, 11) is 0. The second-order valence-electron chi connectivity index (χ2n) is 7.01. The standard InChI is InChI=1S/C15H22IN5O2S/c1-15(2,3)23-14(22)17-7-10-5-4-6-20(8-10)13-19-21-9-11(16)18-12(21)24-13/h9-10H,4-8H2,1-3H3,(H,17,22). The molecule has 0 spiro atoms. The van der Waals surface area contributed by atoms with Crippen molar-refractivity contribution in [3.05, 3.63) is 9.90 Å². The number of carbonyl (C=O) groups is 1. The van der Waals surface area contributed by atoms with Crippen LogP contribution in [0.3, 0.4) is 0 Å². The van der Waals surface area contributed by atoms with Crippen LogP contribution in [0.15, 0.2) is 6.20 Å². The maximum atomic E-state index is 11.8. The first-order chi connectivity index (χ1) is 11.3. The number of rotatable bonds is 3. The number of aromatic nitrogens is 3. The third-order valence-electron chi connectivity index (χ3n) is 3.73. The van der Waals surface area contributed by atoms with E-state index in [2.05, 4.69) is 42.9 Å². The normalized spacial score (nSPS) is 18.8. The molecule has 24 heavy (non-hydrogen) atoms. The molecule has 3 heterocycles. The maximum absolute atomic E-state index is 11.8. The summed E-state index contributed by atoms with van der Waals surface area (Å²) >= 11 is 3.80. The van der Waals surface area contributed by atoms with E-state index in [0.29, 0.717) is 12.5 Å². The summed E-state index contributed by atoms with van der Waals surface area (Å²) in [5, 5.41) is 8.50. The van der Waals surface area contributed by atoms with Gasteiger partial charge >= 0.3 is 6.09 Å². The molecule has 3 rings (SSSR count). The lowest BCUT2D eigenvalue weighted by Crippen LogP contribution is -2.42. The number of nitrogens with zero attached hydrogens (tertiary/aromatic N) is 4. The molecule has 0 radical (unpaired) electrons. The van der Waals surface area contributed by atoms with E-state index in [1.54, 1.807) is 11.3 Å². The molecule has 2 aromatic heterocycles. The minimum atomic E-state index is -0.462. The van der Waals surface area contributed by atoms with Gasteiger partial charge in [0.1, 0.15) is 9.30 Å². The number of halogens is 1. The van der Waals surface area contributed by atoms with Gasteiger partial charge in [-0.1, -0.05) is 11.3 Å². The van der Waals surface area contributed by atoms with Gasteiger partial charge in [0, 0.05) is 19.6 Å². The number of hydrogen-bond acceptors (Lipinski definition) is 6. The molecule has 0 saturated carbocycles. The number of imidazole rings is 1. The summed E-state index contributed by atoms with van der Waals surface area (Å²) in [6, 6.07) is 0. The first-order valence-electron chi connectivity index (χ1n) is 8.04. The molecule has 1 aliphatic rings. The van der Waals surface area contributed by atoms with Crippen LogP contribution < -0.4 is 10.2 Å². The molecule has 132 valence electrons. The highest BCUT2D eigenvalue weighted by molar-refractivity contribution is 14.1. The van der Waals surface area contributed by atoms with Crippen LogP contribution in [0.1, 0.15) is 33.6 Å². The summed E-state index contributed by atoms with van der Waals surface area (Å²) < 4.78 is 8.09. The number of carbonyl (C=O) groups excluding carboxylic acids is 1. The molecule has 1 atom stereocenters. The first-order valence-corrected chi connectivity index (χ1v) is 9.93. The van der Waals surface area contributed by atoms with E-state index < -0.39 is 5.60 Å². The van der Waals surface area contributed by atoms with Crippen LogP contribution in [0.5, 0.6) is 0 Å². The van der Waals surface area contributed by atoms with Crippen molar-refractivity contribution < 1.29 is 9.53 Å². The summed E-state index contributed by atoms with van der Waals surface area (Å²) in [5.41, 5.74) is -0.462. The molecule has 2 aromatic rings. The predicted molar refractivity (Wildman–Crippen MR) is 103 cm³/mol. The highest BCUT2D eigenvalue weighted by Gasteiger charge is 2.24. The molecule has 1 amide bonds. The van der Waals surface area contributed by atoms with E-state index in [0.717, 1.165) is 39.7 Å². The molecule has 0 aromatic carbocycles. The second kappa shape index (κ2) is 7.03. The number of anilines is 1. The van der Waals surface area contributed by atoms with Gasteiger partial charge in [-0.2, -0.15) is 0 Å². The van der Waals surface area contributed by atoms with Gasteiger partial charge in [-0.3, -0.25) is 0 Å². The lowest BCUT2D eigenvalue weighted by atomic mass is 9.98. The van der Waals surface area contributed by atoms with Crippen LogP contribution in [0.4, 0.5) is 9.93 Å². The van der Waals surface area contributed by atoms with Crippen molar-refractivity contribution in [3.8, 4) is 0 Å². The van der Waals surface area contributed by atoms with Gasteiger partial charge in [-0.25, -0.2) is 14.3 Å². The fraction of sp³-hybridized carbons (Fsp3) is 0.667. The Balaban J connectivity index is 1.56. The number of fused-ring (bicyclic) bond motifs is 1. The Morgan fingerprint density at radius 1 is 1.54 bits per heavy atom. The zero-order valence-corrected chi connectivity index (χ0v) is 17.1. The zero-order valence-electron chi connectivity index (χ0n) is 14.1. The Labute approximate surface area is 158 Å². The Morgan fingerprint density at radius 3 is 3.04 bits per heavy atom. The Hall–Kier alpha value is -1.10. The van der Waals surface area contributed by atoms with Crippen LogP contribution in [0.25, 0.3) is 4.96 Å². The fourth-order valence-electron chi connectivity index (χ4n) is 2.74. The van der Waals surface area contributed by atoms with E-state index in [4.69, 9.17) is 4.74 Å². The van der Waals surface area contributed by atoms with Gasteiger partial charge in [0.2, 0.25) is 10.1 Å². The summed E-state index contributed by atoms with van der Waals surface area (Å²) in [5.74, 6) is 0.405. The largest absolute Gasteiger partial charge is 0.444 e. The van der Waals surface area contributed by atoms with E-state index in [1.807, 2.05) is 31.5 Å². The summed E-state index contributed by atoms with van der Waals surface area (Å²) in [6.45, 7) is 8.13. The monoisotopic (exact) mass is 463 g/mol. The summed E-state index contributed by atoms with van der Waals surface area (Å²) in [6.07, 6.45) is 3.79. The molecule has 1 fully saturated rings.